The highest BCUT2D eigenvalue weighted by molar-refractivity contribution is 14.1. The average Bonchev–Trinajstić information content (AvgIpc) is 2.58. The highest BCUT2D eigenvalue weighted by Gasteiger charge is 2.25. The van der Waals surface area contributed by atoms with E-state index in [4.69, 9.17) is 0 Å². The fourth-order valence-corrected chi connectivity index (χ4v) is 3.28. The van der Waals surface area contributed by atoms with Gasteiger partial charge in [0.05, 0.1) is 12.1 Å². The molecule has 2 rings (SSSR count). The third kappa shape index (κ3) is 4.65. The molecule has 0 saturated heterocycles. The molecule has 0 fully saturated rings. The van der Waals surface area contributed by atoms with Gasteiger partial charge in [0, 0.05) is 22.9 Å². The maximum Gasteiger partial charge on any atom is 0.250 e. The number of aliphatic hydroxyl groups is 1. The minimum Gasteiger partial charge on any atom is -0.382 e. The van der Waals surface area contributed by atoms with Crippen LogP contribution in [0.3, 0.4) is 0 Å². The molecule has 0 radical (unpaired) electrons. The van der Waals surface area contributed by atoms with Crippen molar-refractivity contribution in [1.82, 2.24) is 8.85 Å². The summed E-state index contributed by atoms with van der Waals surface area (Å²) in [4.78, 5) is 12.3. The first kappa shape index (κ1) is 18.2. The van der Waals surface area contributed by atoms with Crippen molar-refractivity contribution in [2.75, 3.05) is 0 Å². The molecule has 0 aliphatic heterocycles. The third-order valence-electron chi connectivity index (χ3n) is 4.02. The molecule has 5 heteroatoms. The summed E-state index contributed by atoms with van der Waals surface area (Å²) in [5, 5.41) is 15.4. The van der Waals surface area contributed by atoms with Crippen molar-refractivity contribution < 1.29 is 9.90 Å². The number of rotatable bonds is 7. The van der Waals surface area contributed by atoms with Crippen LogP contribution in [0.25, 0.3) is 10.8 Å². The predicted octanol–water partition coefficient (Wildman–Crippen LogP) is 3.49. The van der Waals surface area contributed by atoms with Crippen LogP contribution in [-0.2, 0) is 4.79 Å². The predicted molar refractivity (Wildman–Crippen MR) is 102 cm³/mol. The lowest BCUT2D eigenvalue weighted by Gasteiger charge is -2.23. The van der Waals surface area contributed by atoms with Gasteiger partial charge < -0.3 is 10.4 Å². The molecule has 0 aromatic heterocycles. The summed E-state index contributed by atoms with van der Waals surface area (Å²) in [5.74, 6) is -0.340. The largest absolute Gasteiger partial charge is 0.382 e. The van der Waals surface area contributed by atoms with Crippen molar-refractivity contribution in [1.29, 1.82) is 0 Å². The van der Waals surface area contributed by atoms with E-state index in [1.165, 1.54) is 5.39 Å². The number of nitrogens with one attached hydrogen (secondary N) is 2. The van der Waals surface area contributed by atoms with Gasteiger partial charge in [-0.3, -0.25) is 8.32 Å². The van der Waals surface area contributed by atoms with Crippen LogP contribution in [-0.4, -0.2) is 23.2 Å². The van der Waals surface area contributed by atoms with E-state index in [0.717, 1.165) is 23.8 Å². The summed E-state index contributed by atoms with van der Waals surface area (Å²) in [5.41, 5.74) is 1.03. The first-order valence-corrected chi connectivity index (χ1v) is 8.98. The lowest BCUT2D eigenvalue weighted by atomic mass is 10.0. The van der Waals surface area contributed by atoms with Crippen LogP contribution in [0.1, 0.15) is 38.3 Å². The lowest BCUT2D eigenvalue weighted by molar-refractivity contribution is -0.131. The molecule has 124 valence electrons. The van der Waals surface area contributed by atoms with Crippen molar-refractivity contribution in [3.8, 4) is 0 Å². The van der Waals surface area contributed by atoms with Crippen molar-refractivity contribution in [2.45, 2.75) is 44.9 Å². The van der Waals surface area contributed by atoms with Gasteiger partial charge in [0.2, 0.25) is 0 Å². The minimum absolute atomic E-state index is 0.154. The number of halogens is 1. The summed E-state index contributed by atoms with van der Waals surface area (Å²) < 4.78 is 2.98. The Morgan fingerprint density at radius 2 is 1.91 bits per heavy atom. The summed E-state index contributed by atoms with van der Waals surface area (Å²) in [6, 6.07) is 13.9. The second-order valence-electron chi connectivity index (χ2n) is 5.79. The molecule has 3 atom stereocenters. The van der Waals surface area contributed by atoms with Crippen molar-refractivity contribution in [2.24, 2.45) is 0 Å². The Bertz CT molecular complexity index is 662. The molecule has 2 aromatic carbocycles. The Morgan fingerprint density at radius 3 is 2.57 bits per heavy atom. The van der Waals surface area contributed by atoms with Gasteiger partial charge >= 0.3 is 0 Å². The highest BCUT2D eigenvalue weighted by Crippen LogP contribution is 2.20. The van der Waals surface area contributed by atoms with Gasteiger partial charge in [-0.2, -0.15) is 0 Å². The molecule has 0 saturated carbocycles. The number of hydrogen-bond donors (Lipinski definition) is 3. The number of fused-ring (bicyclic) bond motifs is 1. The molecule has 1 amide bonds. The number of benzene rings is 2. The van der Waals surface area contributed by atoms with Crippen LogP contribution in [0.4, 0.5) is 0 Å². The molecular weight excluding hydrogens is 403 g/mol. The van der Waals surface area contributed by atoms with Gasteiger partial charge in [-0.15, -0.1) is 0 Å². The van der Waals surface area contributed by atoms with Gasteiger partial charge in [-0.25, -0.2) is 0 Å². The standard InChI is InChI=1S/C18H23IN2O2/c1-3-6-16(21-19)17(22)18(23)20-12(2)14-10-9-13-7-4-5-8-15(13)11-14/h4-5,7-12,16-17,21-22H,3,6H2,1-2H3,(H,20,23). The van der Waals surface area contributed by atoms with E-state index >= 15 is 0 Å². The molecule has 0 aliphatic carbocycles. The van der Waals surface area contributed by atoms with E-state index in [2.05, 4.69) is 33.1 Å². The van der Waals surface area contributed by atoms with Crippen LogP contribution < -0.4 is 8.85 Å². The molecule has 0 aliphatic rings. The molecule has 3 N–H and O–H groups in total. The summed E-state index contributed by atoms with van der Waals surface area (Å²) in [6.07, 6.45) is 0.613. The summed E-state index contributed by atoms with van der Waals surface area (Å²) in [7, 11) is 0. The van der Waals surface area contributed by atoms with Crippen LogP contribution in [0.15, 0.2) is 42.5 Å². The minimum atomic E-state index is -1.05. The first-order chi connectivity index (χ1) is 11.1. The van der Waals surface area contributed by atoms with E-state index in [9.17, 15) is 9.90 Å². The van der Waals surface area contributed by atoms with Crippen LogP contribution >= 0.6 is 22.9 Å². The van der Waals surface area contributed by atoms with Gasteiger partial charge in [-0.1, -0.05) is 49.7 Å². The van der Waals surface area contributed by atoms with E-state index < -0.39 is 6.10 Å². The van der Waals surface area contributed by atoms with Crippen molar-refractivity contribution in [3.63, 3.8) is 0 Å². The molecule has 0 heterocycles. The maximum atomic E-state index is 12.3. The fourth-order valence-electron chi connectivity index (χ4n) is 2.63. The second-order valence-corrected chi connectivity index (χ2v) is 6.41. The van der Waals surface area contributed by atoms with Gasteiger partial charge in [0.25, 0.3) is 5.91 Å². The molecule has 4 nitrogen and oxygen atoms in total. The number of carbonyl (C=O) groups excluding carboxylic acids is 1. The van der Waals surface area contributed by atoms with Gasteiger partial charge in [0.1, 0.15) is 6.10 Å². The average molecular weight is 426 g/mol. The molecular formula is C18H23IN2O2. The molecule has 0 bridgehead atoms. The smallest absolute Gasteiger partial charge is 0.250 e. The number of aliphatic hydroxyl groups excluding tert-OH is 1. The van der Waals surface area contributed by atoms with Crippen LogP contribution in [0.5, 0.6) is 0 Å². The molecule has 23 heavy (non-hydrogen) atoms. The van der Waals surface area contributed by atoms with E-state index in [-0.39, 0.29) is 18.0 Å². The Labute approximate surface area is 151 Å². The summed E-state index contributed by atoms with van der Waals surface area (Å²) >= 11 is 1.99. The maximum absolute atomic E-state index is 12.3. The van der Waals surface area contributed by atoms with Crippen molar-refractivity contribution >= 4 is 39.5 Å². The van der Waals surface area contributed by atoms with E-state index in [1.54, 1.807) is 0 Å². The topological polar surface area (TPSA) is 61.4 Å². The highest BCUT2D eigenvalue weighted by atomic mass is 127. The molecule has 3 unspecified atom stereocenters. The zero-order valence-electron chi connectivity index (χ0n) is 13.4. The second kappa shape index (κ2) is 8.61. The lowest BCUT2D eigenvalue weighted by Crippen LogP contribution is -2.46. The third-order valence-corrected chi connectivity index (χ3v) is 4.82. The van der Waals surface area contributed by atoms with Gasteiger partial charge in [-0.05, 0) is 35.7 Å². The Hall–Kier alpha value is -1.18. The van der Waals surface area contributed by atoms with Crippen LogP contribution in [0, 0.1) is 0 Å². The first-order valence-electron chi connectivity index (χ1n) is 7.90. The zero-order chi connectivity index (χ0) is 16.8. The fraction of sp³-hybridized carbons (Fsp3) is 0.389. The number of carbonyl (C=O) groups is 1. The van der Waals surface area contributed by atoms with Crippen LogP contribution in [0.2, 0.25) is 0 Å². The number of hydrogen-bond acceptors (Lipinski definition) is 3. The number of amides is 1. The monoisotopic (exact) mass is 426 g/mol. The van der Waals surface area contributed by atoms with E-state index in [0.29, 0.717) is 0 Å². The summed E-state index contributed by atoms with van der Waals surface area (Å²) in [6.45, 7) is 3.96. The Kier molecular flexibility index (Phi) is 6.80. The Morgan fingerprint density at radius 1 is 1.22 bits per heavy atom. The van der Waals surface area contributed by atoms with Gasteiger partial charge in [0.15, 0.2) is 0 Å². The van der Waals surface area contributed by atoms with E-state index in [1.807, 2.05) is 54.9 Å². The zero-order valence-corrected chi connectivity index (χ0v) is 15.6. The molecule has 2 aromatic rings. The SMILES string of the molecule is CCCC(NI)C(O)C(=O)NC(C)c1ccc2ccccc2c1. The molecule has 0 spiro atoms. The quantitative estimate of drug-likeness (QED) is 0.469. The Balaban J connectivity index is 2.07. The van der Waals surface area contributed by atoms with Crippen molar-refractivity contribution in [3.05, 3.63) is 48.0 Å². The normalized spacial score (nSPS) is 15.1.